The molecule has 1 aliphatic carbocycles. The van der Waals surface area contributed by atoms with Crippen molar-refractivity contribution in [3.05, 3.63) is 0 Å². The van der Waals surface area contributed by atoms with Crippen LogP contribution in [0.25, 0.3) is 0 Å². The van der Waals surface area contributed by atoms with Crippen LogP contribution in [-0.4, -0.2) is 52.2 Å². The number of carboxylic acid groups (broad SMARTS) is 1. The molecule has 0 aromatic heterocycles. The fraction of sp³-hybridized carbons (Fsp3) is 0.826. The molecule has 2 fully saturated rings. The molecule has 30 heavy (non-hydrogen) atoms. The molecule has 0 aromatic rings. The predicted molar refractivity (Wildman–Crippen MR) is 114 cm³/mol. The minimum atomic E-state index is -1.53. The Hall–Kier alpha value is -1.92. The maximum atomic E-state index is 13.1. The number of nitrogens with one attached hydrogen (secondary N) is 1. The number of piperidine rings is 1. The van der Waals surface area contributed by atoms with Gasteiger partial charge in [-0.2, -0.15) is 0 Å². The Morgan fingerprint density at radius 1 is 0.967 bits per heavy atom. The molecule has 0 bridgehead atoms. The largest absolute Gasteiger partial charge is 0.475 e. The SMILES string of the molecule is CCC(CC)CC(NC(=O)C1CCCCN1C(=O)CC1CCCCC1)C(=O)C(=O)O. The summed E-state index contributed by atoms with van der Waals surface area (Å²) in [7, 11) is 0. The Labute approximate surface area is 180 Å². The average Bonchev–Trinajstić information content (AvgIpc) is 2.76. The second kappa shape index (κ2) is 12.1. The summed E-state index contributed by atoms with van der Waals surface area (Å²) in [6.07, 6.45) is 10.4. The highest BCUT2D eigenvalue weighted by atomic mass is 16.4. The molecule has 2 rings (SSSR count). The van der Waals surface area contributed by atoms with Gasteiger partial charge in [0.25, 0.3) is 5.78 Å². The zero-order valence-corrected chi connectivity index (χ0v) is 18.5. The van der Waals surface area contributed by atoms with Gasteiger partial charge in [0.15, 0.2) is 0 Å². The smallest absolute Gasteiger partial charge is 0.374 e. The standard InChI is InChI=1S/C23H38N2O5/c1-3-16(4-2)14-18(21(27)23(29)30)24-22(28)19-12-8-9-13-25(19)20(26)15-17-10-6-5-7-11-17/h16-19H,3-15H2,1-2H3,(H,24,28)(H,29,30). The Kier molecular flexibility index (Phi) is 9.79. The van der Waals surface area contributed by atoms with Gasteiger partial charge in [-0.1, -0.05) is 46.0 Å². The van der Waals surface area contributed by atoms with Gasteiger partial charge in [0.05, 0.1) is 6.04 Å². The van der Waals surface area contributed by atoms with E-state index in [0.717, 1.165) is 51.4 Å². The molecule has 2 amide bonds. The molecule has 1 heterocycles. The van der Waals surface area contributed by atoms with Crippen LogP contribution in [0.5, 0.6) is 0 Å². The molecular weight excluding hydrogens is 384 g/mol. The summed E-state index contributed by atoms with van der Waals surface area (Å²) in [4.78, 5) is 51.2. The monoisotopic (exact) mass is 422 g/mol. The van der Waals surface area contributed by atoms with E-state index in [-0.39, 0.29) is 11.8 Å². The van der Waals surface area contributed by atoms with E-state index in [4.69, 9.17) is 0 Å². The van der Waals surface area contributed by atoms with E-state index in [2.05, 4.69) is 5.32 Å². The fourth-order valence-electron chi connectivity index (χ4n) is 4.86. The van der Waals surface area contributed by atoms with Gasteiger partial charge in [-0.25, -0.2) is 4.79 Å². The van der Waals surface area contributed by atoms with E-state index >= 15 is 0 Å². The van der Waals surface area contributed by atoms with Gasteiger partial charge < -0.3 is 15.3 Å². The van der Waals surface area contributed by atoms with Gasteiger partial charge in [0.1, 0.15) is 6.04 Å². The zero-order valence-electron chi connectivity index (χ0n) is 18.5. The minimum absolute atomic E-state index is 0.0165. The Morgan fingerprint density at radius 3 is 2.20 bits per heavy atom. The first-order chi connectivity index (χ1) is 14.4. The number of carbonyl (C=O) groups is 4. The third-order valence-corrected chi connectivity index (χ3v) is 6.88. The van der Waals surface area contributed by atoms with Crippen molar-refractivity contribution in [1.82, 2.24) is 10.2 Å². The molecule has 0 spiro atoms. The quantitative estimate of drug-likeness (QED) is 0.526. The fourth-order valence-corrected chi connectivity index (χ4v) is 4.86. The van der Waals surface area contributed by atoms with Crippen molar-refractivity contribution in [2.75, 3.05) is 6.54 Å². The van der Waals surface area contributed by atoms with Crippen LogP contribution in [0.3, 0.4) is 0 Å². The van der Waals surface area contributed by atoms with Gasteiger partial charge in [-0.15, -0.1) is 0 Å². The van der Waals surface area contributed by atoms with Crippen molar-refractivity contribution in [2.24, 2.45) is 11.8 Å². The number of likely N-dealkylation sites (tertiary alicyclic amines) is 1. The van der Waals surface area contributed by atoms with Crippen molar-refractivity contribution in [2.45, 2.75) is 103 Å². The van der Waals surface area contributed by atoms with Gasteiger partial charge in [0, 0.05) is 13.0 Å². The zero-order chi connectivity index (χ0) is 22.1. The van der Waals surface area contributed by atoms with E-state index in [9.17, 15) is 24.3 Å². The van der Waals surface area contributed by atoms with Gasteiger partial charge in [0.2, 0.25) is 11.8 Å². The highest BCUT2D eigenvalue weighted by Crippen LogP contribution is 2.28. The van der Waals surface area contributed by atoms with Crippen LogP contribution in [0.4, 0.5) is 0 Å². The van der Waals surface area contributed by atoms with Crippen LogP contribution in [0.15, 0.2) is 0 Å². The maximum absolute atomic E-state index is 13.1. The first-order valence-corrected chi connectivity index (χ1v) is 11.7. The second-order valence-electron chi connectivity index (χ2n) is 8.96. The molecule has 2 atom stereocenters. The lowest BCUT2D eigenvalue weighted by Gasteiger charge is -2.36. The van der Waals surface area contributed by atoms with Crippen LogP contribution >= 0.6 is 0 Å². The summed E-state index contributed by atoms with van der Waals surface area (Å²) in [5, 5.41) is 11.9. The number of nitrogens with zero attached hydrogens (tertiary/aromatic N) is 1. The molecule has 0 radical (unpaired) electrons. The first kappa shape index (κ1) is 24.4. The third-order valence-electron chi connectivity index (χ3n) is 6.88. The Morgan fingerprint density at radius 2 is 1.60 bits per heavy atom. The molecule has 170 valence electrons. The van der Waals surface area contributed by atoms with Crippen LogP contribution in [0.1, 0.15) is 90.9 Å². The molecule has 2 aliphatic rings. The highest BCUT2D eigenvalue weighted by molar-refractivity contribution is 6.35. The Balaban J connectivity index is 2.06. The predicted octanol–water partition coefficient (Wildman–Crippen LogP) is 3.30. The molecule has 7 heteroatoms. The van der Waals surface area contributed by atoms with Crippen LogP contribution in [-0.2, 0) is 19.2 Å². The number of carbonyl (C=O) groups excluding carboxylic acids is 3. The average molecular weight is 423 g/mol. The topological polar surface area (TPSA) is 104 Å². The molecule has 0 aromatic carbocycles. The van der Waals surface area contributed by atoms with Gasteiger partial charge in [-0.3, -0.25) is 14.4 Å². The normalized spacial score (nSPS) is 21.3. The number of carboxylic acids is 1. The van der Waals surface area contributed by atoms with Crippen molar-refractivity contribution in [3.8, 4) is 0 Å². The molecule has 2 N–H and O–H groups in total. The third kappa shape index (κ3) is 6.81. The lowest BCUT2D eigenvalue weighted by atomic mass is 9.86. The van der Waals surface area contributed by atoms with Crippen molar-refractivity contribution in [3.63, 3.8) is 0 Å². The molecule has 7 nitrogen and oxygen atoms in total. The summed E-state index contributed by atoms with van der Waals surface area (Å²) < 4.78 is 0. The maximum Gasteiger partial charge on any atom is 0.374 e. The van der Waals surface area contributed by atoms with Crippen LogP contribution in [0.2, 0.25) is 0 Å². The number of ketones is 1. The summed E-state index contributed by atoms with van der Waals surface area (Å²) in [5.74, 6) is -2.33. The minimum Gasteiger partial charge on any atom is -0.475 e. The number of hydrogen-bond acceptors (Lipinski definition) is 4. The highest BCUT2D eigenvalue weighted by Gasteiger charge is 2.36. The molecule has 1 saturated heterocycles. The van der Waals surface area contributed by atoms with Crippen molar-refractivity contribution < 1.29 is 24.3 Å². The summed E-state index contributed by atoms with van der Waals surface area (Å²) in [5.41, 5.74) is 0. The summed E-state index contributed by atoms with van der Waals surface area (Å²) in [6.45, 7) is 4.53. The molecular formula is C23H38N2O5. The van der Waals surface area contributed by atoms with E-state index in [1.54, 1.807) is 4.90 Å². The van der Waals surface area contributed by atoms with Crippen LogP contribution in [0, 0.1) is 11.8 Å². The van der Waals surface area contributed by atoms with E-state index in [0.29, 0.717) is 31.7 Å². The van der Waals surface area contributed by atoms with Crippen molar-refractivity contribution in [1.29, 1.82) is 0 Å². The van der Waals surface area contributed by atoms with Gasteiger partial charge >= 0.3 is 5.97 Å². The number of rotatable bonds is 10. The second-order valence-corrected chi connectivity index (χ2v) is 8.96. The first-order valence-electron chi connectivity index (χ1n) is 11.7. The molecule has 2 unspecified atom stereocenters. The summed E-state index contributed by atoms with van der Waals surface area (Å²) in [6, 6.07) is -1.65. The van der Waals surface area contributed by atoms with Crippen molar-refractivity contribution >= 4 is 23.6 Å². The number of aliphatic carboxylic acids is 1. The number of Topliss-reactive ketones (excluding diaryl/α,β-unsaturated/α-hetero) is 1. The lowest BCUT2D eigenvalue weighted by molar-refractivity contribution is -0.151. The number of hydrogen-bond donors (Lipinski definition) is 2. The molecule has 1 aliphatic heterocycles. The van der Waals surface area contributed by atoms with E-state index < -0.39 is 29.7 Å². The Bertz CT molecular complexity index is 611. The molecule has 1 saturated carbocycles. The number of amides is 2. The summed E-state index contributed by atoms with van der Waals surface area (Å²) >= 11 is 0. The van der Waals surface area contributed by atoms with Crippen LogP contribution < -0.4 is 5.32 Å². The van der Waals surface area contributed by atoms with E-state index in [1.807, 2.05) is 13.8 Å². The van der Waals surface area contributed by atoms with E-state index in [1.165, 1.54) is 6.42 Å². The van der Waals surface area contributed by atoms with Gasteiger partial charge in [-0.05, 0) is 50.4 Å². The lowest BCUT2D eigenvalue weighted by Crippen LogP contribution is -2.56.